The molecule has 0 bridgehead atoms. The van der Waals surface area contributed by atoms with Crippen LogP contribution in [0.3, 0.4) is 0 Å². The lowest BCUT2D eigenvalue weighted by molar-refractivity contribution is 0.494. The van der Waals surface area contributed by atoms with Crippen molar-refractivity contribution in [2.45, 2.75) is 26.8 Å². The van der Waals surface area contributed by atoms with E-state index in [1.165, 1.54) is 12.1 Å². The highest BCUT2D eigenvalue weighted by atomic mass is 19.1. The van der Waals surface area contributed by atoms with Gasteiger partial charge in [0.25, 0.3) is 0 Å². The Morgan fingerprint density at radius 2 is 1.72 bits per heavy atom. The normalized spacial score (nSPS) is 12.7. The fourth-order valence-electron chi connectivity index (χ4n) is 2.24. The number of aryl methyl sites for hydroxylation is 2. The van der Waals surface area contributed by atoms with Crippen LogP contribution in [0.5, 0.6) is 0 Å². The molecule has 3 N–H and O–H groups in total. The third-order valence-corrected chi connectivity index (χ3v) is 3.28. The van der Waals surface area contributed by atoms with Crippen LogP contribution in [0.15, 0.2) is 28.7 Å². The standard InChI is InChI=1S/C14H17FN2O/c1-8-9(2)18-10(3)13(8)14(17-16)11-4-6-12(15)7-5-11/h4-7,14,17H,16H2,1-3H3. The largest absolute Gasteiger partial charge is 0.466 e. The molecule has 0 amide bonds. The average Bonchev–Trinajstić information content (AvgIpc) is 2.59. The Kier molecular flexibility index (Phi) is 3.50. The van der Waals surface area contributed by atoms with Crippen LogP contribution < -0.4 is 11.3 Å². The van der Waals surface area contributed by atoms with Crippen molar-refractivity contribution in [2.24, 2.45) is 5.84 Å². The second-order valence-electron chi connectivity index (χ2n) is 4.40. The molecule has 1 heterocycles. The van der Waals surface area contributed by atoms with Gasteiger partial charge in [0.05, 0.1) is 6.04 Å². The summed E-state index contributed by atoms with van der Waals surface area (Å²) in [6.07, 6.45) is 0. The molecular weight excluding hydrogens is 231 g/mol. The third-order valence-electron chi connectivity index (χ3n) is 3.28. The van der Waals surface area contributed by atoms with Gasteiger partial charge in [0.15, 0.2) is 0 Å². The molecule has 0 saturated carbocycles. The van der Waals surface area contributed by atoms with Crippen molar-refractivity contribution in [3.05, 3.63) is 58.3 Å². The summed E-state index contributed by atoms with van der Waals surface area (Å²) in [5.74, 6) is 7.09. The molecule has 1 aromatic heterocycles. The first-order valence-electron chi connectivity index (χ1n) is 5.82. The SMILES string of the molecule is Cc1oc(C)c(C(NN)c2ccc(F)cc2)c1C. The molecule has 0 radical (unpaired) electrons. The summed E-state index contributed by atoms with van der Waals surface area (Å²) in [6, 6.07) is 6.11. The average molecular weight is 248 g/mol. The molecule has 1 unspecified atom stereocenters. The van der Waals surface area contributed by atoms with Gasteiger partial charge in [-0.3, -0.25) is 5.84 Å². The summed E-state index contributed by atoms with van der Waals surface area (Å²) in [4.78, 5) is 0. The maximum atomic E-state index is 12.9. The Bertz CT molecular complexity index is 546. The van der Waals surface area contributed by atoms with Gasteiger partial charge in [-0.2, -0.15) is 0 Å². The van der Waals surface area contributed by atoms with Crippen LogP contribution in [-0.2, 0) is 0 Å². The summed E-state index contributed by atoms with van der Waals surface area (Å²) in [6.45, 7) is 5.82. The lowest BCUT2D eigenvalue weighted by atomic mass is 9.96. The Morgan fingerprint density at radius 1 is 1.11 bits per heavy atom. The molecule has 2 rings (SSSR count). The number of benzene rings is 1. The Labute approximate surface area is 106 Å². The maximum absolute atomic E-state index is 12.9. The van der Waals surface area contributed by atoms with Crippen molar-refractivity contribution in [3.8, 4) is 0 Å². The number of furan rings is 1. The first kappa shape index (κ1) is 12.8. The van der Waals surface area contributed by atoms with Gasteiger partial charge in [-0.1, -0.05) is 12.1 Å². The van der Waals surface area contributed by atoms with Gasteiger partial charge in [-0.15, -0.1) is 0 Å². The number of halogens is 1. The fourth-order valence-corrected chi connectivity index (χ4v) is 2.24. The molecule has 1 aromatic carbocycles. The Balaban J connectivity index is 2.48. The van der Waals surface area contributed by atoms with Gasteiger partial charge < -0.3 is 4.42 Å². The van der Waals surface area contributed by atoms with Crippen LogP contribution in [0.4, 0.5) is 4.39 Å². The van der Waals surface area contributed by atoms with Gasteiger partial charge in [0, 0.05) is 5.56 Å². The van der Waals surface area contributed by atoms with E-state index >= 15 is 0 Å². The van der Waals surface area contributed by atoms with Crippen LogP contribution >= 0.6 is 0 Å². The van der Waals surface area contributed by atoms with Gasteiger partial charge in [-0.25, -0.2) is 9.82 Å². The summed E-state index contributed by atoms with van der Waals surface area (Å²) in [7, 11) is 0. The van der Waals surface area contributed by atoms with Crippen LogP contribution in [0.25, 0.3) is 0 Å². The molecule has 1 atom stereocenters. The minimum absolute atomic E-state index is 0.192. The molecule has 96 valence electrons. The number of nitrogens with one attached hydrogen (secondary N) is 1. The fraction of sp³-hybridized carbons (Fsp3) is 0.286. The van der Waals surface area contributed by atoms with Gasteiger partial charge in [0.1, 0.15) is 17.3 Å². The topological polar surface area (TPSA) is 51.2 Å². The number of hydrogen-bond acceptors (Lipinski definition) is 3. The van der Waals surface area contributed by atoms with Crippen LogP contribution in [-0.4, -0.2) is 0 Å². The van der Waals surface area contributed by atoms with Crippen molar-refractivity contribution < 1.29 is 8.81 Å². The molecule has 4 heteroatoms. The molecule has 2 aromatic rings. The van der Waals surface area contributed by atoms with E-state index in [0.29, 0.717) is 0 Å². The van der Waals surface area contributed by atoms with E-state index in [9.17, 15) is 4.39 Å². The molecule has 0 aliphatic carbocycles. The summed E-state index contributed by atoms with van der Waals surface area (Å²) in [5.41, 5.74) is 5.76. The van der Waals surface area contributed by atoms with Crippen molar-refractivity contribution in [1.82, 2.24) is 5.43 Å². The highest BCUT2D eigenvalue weighted by Crippen LogP contribution is 2.30. The van der Waals surface area contributed by atoms with E-state index in [2.05, 4.69) is 5.43 Å². The summed E-state index contributed by atoms with van der Waals surface area (Å²) < 4.78 is 18.6. The lowest BCUT2D eigenvalue weighted by Gasteiger charge is -2.17. The summed E-state index contributed by atoms with van der Waals surface area (Å²) >= 11 is 0. The Morgan fingerprint density at radius 3 is 2.17 bits per heavy atom. The van der Waals surface area contributed by atoms with Gasteiger partial charge in [-0.05, 0) is 44.0 Å². The predicted molar refractivity (Wildman–Crippen MR) is 68.5 cm³/mol. The molecule has 18 heavy (non-hydrogen) atoms. The second kappa shape index (κ2) is 4.92. The van der Waals surface area contributed by atoms with E-state index < -0.39 is 0 Å². The number of hydrogen-bond donors (Lipinski definition) is 2. The smallest absolute Gasteiger partial charge is 0.123 e. The van der Waals surface area contributed by atoms with Crippen LogP contribution in [0, 0.1) is 26.6 Å². The highest BCUT2D eigenvalue weighted by Gasteiger charge is 2.21. The second-order valence-corrected chi connectivity index (χ2v) is 4.40. The molecule has 0 spiro atoms. The van der Waals surface area contributed by atoms with E-state index in [-0.39, 0.29) is 11.9 Å². The summed E-state index contributed by atoms with van der Waals surface area (Å²) in [5, 5.41) is 0. The van der Waals surface area contributed by atoms with Crippen molar-refractivity contribution >= 4 is 0 Å². The number of rotatable bonds is 3. The molecule has 0 aliphatic rings. The zero-order valence-corrected chi connectivity index (χ0v) is 10.8. The quantitative estimate of drug-likeness (QED) is 0.648. The van der Waals surface area contributed by atoms with Crippen LogP contribution in [0.2, 0.25) is 0 Å². The minimum Gasteiger partial charge on any atom is -0.466 e. The molecule has 0 fully saturated rings. The zero-order chi connectivity index (χ0) is 13.3. The number of nitrogens with two attached hydrogens (primary N) is 1. The molecular formula is C14H17FN2O. The monoisotopic (exact) mass is 248 g/mol. The van der Waals surface area contributed by atoms with Gasteiger partial charge in [0.2, 0.25) is 0 Å². The maximum Gasteiger partial charge on any atom is 0.123 e. The molecule has 3 nitrogen and oxygen atoms in total. The predicted octanol–water partition coefficient (Wildman–Crippen LogP) is 2.90. The minimum atomic E-state index is -0.258. The highest BCUT2D eigenvalue weighted by molar-refractivity contribution is 5.40. The van der Waals surface area contributed by atoms with E-state index in [4.69, 9.17) is 10.3 Å². The lowest BCUT2D eigenvalue weighted by Crippen LogP contribution is -2.29. The Hall–Kier alpha value is -1.65. The van der Waals surface area contributed by atoms with E-state index in [1.807, 2.05) is 20.8 Å². The molecule has 0 aliphatic heterocycles. The van der Waals surface area contributed by atoms with Crippen molar-refractivity contribution in [1.29, 1.82) is 0 Å². The molecule has 0 saturated heterocycles. The van der Waals surface area contributed by atoms with Crippen molar-refractivity contribution in [2.75, 3.05) is 0 Å². The van der Waals surface area contributed by atoms with Gasteiger partial charge >= 0.3 is 0 Å². The van der Waals surface area contributed by atoms with Crippen molar-refractivity contribution in [3.63, 3.8) is 0 Å². The zero-order valence-electron chi connectivity index (χ0n) is 10.8. The first-order chi connectivity index (χ1) is 8.54. The van der Waals surface area contributed by atoms with E-state index in [1.54, 1.807) is 12.1 Å². The third kappa shape index (κ3) is 2.17. The first-order valence-corrected chi connectivity index (χ1v) is 5.82. The number of hydrazine groups is 1. The van der Waals surface area contributed by atoms with Crippen LogP contribution in [0.1, 0.15) is 34.3 Å². The van der Waals surface area contributed by atoms with E-state index in [0.717, 1.165) is 28.2 Å².